The Morgan fingerprint density at radius 2 is 0.950 bits per heavy atom. The summed E-state index contributed by atoms with van der Waals surface area (Å²) in [5.41, 5.74) is 6.88. The lowest BCUT2D eigenvalue weighted by Crippen LogP contribution is -1.88. The van der Waals surface area contributed by atoms with Crippen LogP contribution in [0.25, 0.3) is 22.5 Å². The Balaban J connectivity index is 2.01. The molecule has 0 aliphatic rings. The van der Waals surface area contributed by atoms with Gasteiger partial charge in [-0.1, -0.05) is 65.7 Å². The van der Waals surface area contributed by atoms with Gasteiger partial charge in [-0.15, -0.1) is 0 Å². The largest absolute Gasteiger partial charge is 0.248 e. The molecule has 0 N–H and O–H groups in total. The van der Waals surface area contributed by atoms with Crippen molar-refractivity contribution in [1.29, 1.82) is 0 Å². The first kappa shape index (κ1) is 12.6. The van der Waals surface area contributed by atoms with Crippen LogP contribution in [0.2, 0.25) is 0 Å². The molecule has 0 aliphatic heterocycles. The summed E-state index contributed by atoms with van der Waals surface area (Å²) >= 11 is 0. The molecule has 98 valence electrons. The van der Waals surface area contributed by atoms with Gasteiger partial charge in [-0.3, -0.25) is 0 Å². The second-order valence-electron chi connectivity index (χ2n) is 5.14. The second-order valence-corrected chi connectivity index (χ2v) is 5.14. The van der Waals surface area contributed by atoms with Gasteiger partial charge in [-0.25, -0.2) is 4.98 Å². The Hall–Kier alpha value is -2.41. The third-order valence-electron chi connectivity index (χ3n) is 3.44. The zero-order chi connectivity index (χ0) is 13.9. The third-order valence-corrected chi connectivity index (χ3v) is 3.44. The SMILES string of the molecule is Cc1ccc(-c2cccc(-c3ccc(C)cc3)n2)cc1. The lowest BCUT2D eigenvalue weighted by molar-refractivity contribution is 1.31. The lowest BCUT2D eigenvalue weighted by Gasteiger charge is -2.06. The summed E-state index contributed by atoms with van der Waals surface area (Å²) in [5.74, 6) is 0. The van der Waals surface area contributed by atoms with E-state index < -0.39 is 0 Å². The van der Waals surface area contributed by atoms with Crippen LogP contribution in [0.4, 0.5) is 0 Å². The van der Waals surface area contributed by atoms with E-state index >= 15 is 0 Å². The van der Waals surface area contributed by atoms with Crippen molar-refractivity contribution in [2.75, 3.05) is 0 Å². The van der Waals surface area contributed by atoms with E-state index in [-0.39, 0.29) is 0 Å². The van der Waals surface area contributed by atoms with Crippen molar-refractivity contribution < 1.29 is 0 Å². The highest BCUT2D eigenvalue weighted by Crippen LogP contribution is 2.23. The fourth-order valence-corrected chi connectivity index (χ4v) is 2.20. The first-order valence-electron chi connectivity index (χ1n) is 6.83. The number of hydrogen-bond donors (Lipinski definition) is 0. The quantitative estimate of drug-likeness (QED) is 0.628. The second kappa shape index (κ2) is 5.30. The Morgan fingerprint density at radius 3 is 1.35 bits per heavy atom. The molecule has 0 fully saturated rings. The van der Waals surface area contributed by atoms with E-state index in [1.54, 1.807) is 0 Å². The smallest absolute Gasteiger partial charge is 0.0709 e. The Kier molecular flexibility index (Phi) is 3.34. The first-order valence-corrected chi connectivity index (χ1v) is 6.83. The highest BCUT2D eigenvalue weighted by molar-refractivity contribution is 5.66. The molecule has 1 heterocycles. The van der Waals surface area contributed by atoms with E-state index in [9.17, 15) is 0 Å². The average Bonchev–Trinajstić information content (AvgIpc) is 2.49. The molecule has 0 spiro atoms. The van der Waals surface area contributed by atoms with Crippen LogP contribution in [-0.4, -0.2) is 4.98 Å². The summed E-state index contributed by atoms with van der Waals surface area (Å²) in [4.78, 5) is 4.77. The minimum Gasteiger partial charge on any atom is -0.248 e. The molecule has 20 heavy (non-hydrogen) atoms. The van der Waals surface area contributed by atoms with Crippen LogP contribution >= 0.6 is 0 Å². The van der Waals surface area contributed by atoms with Crippen LogP contribution in [0, 0.1) is 13.8 Å². The molecular weight excluding hydrogens is 242 g/mol. The van der Waals surface area contributed by atoms with Crippen molar-refractivity contribution in [2.45, 2.75) is 13.8 Å². The van der Waals surface area contributed by atoms with Gasteiger partial charge >= 0.3 is 0 Å². The van der Waals surface area contributed by atoms with Crippen LogP contribution in [0.3, 0.4) is 0 Å². The summed E-state index contributed by atoms with van der Waals surface area (Å²) < 4.78 is 0. The average molecular weight is 259 g/mol. The van der Waals surface area contributed by atoms with Gasteiger partial charge in [0, 0.05) is 11.1 Å². The van der Waals surface area contributed by atoms with Crippen LogP contribution in [0.5, 0.6) is 0 Å². The van der Waals surface area contributed by atoms with E-state index in [0.717, 1.165) is 22.5 Å². The van der Waals surface area contributed by atoms with Gasteiger partial charge in [0.1, 0.15) is 0 Å². The number of aromatic nitrogens is 1. The zero-order valence-electron chi connectivity index (χ0n) is 11.8. The van der Waals surface area contributed by atoms with Gasteiger partial charge in [0.05, 0.1) is 11.4 Å². The number of nitrogens with zero attached hydrogens (tertiary/aromatic N) is 1. The van der Waals surface area contributed by atoms with Crippen molar-refractivity contribution >= 4 is 0 Å². The minimum atomic E-state index is 1.02. The van der Waals surface area contributed by atoms with Gasteiger partial charge in [0.25, 0.3) is 0 Å². The topological polar surface area (TPSA) is 12.9 Å². The van der Waals surface area contributed by atoms with Crippen molar-refractivity contribution in [3.8, 4) is 22.5 Å². The molecule has 0 saturated heterocycles. The van der Waals surface area contributed by atoms with Gasteiger partial charge in [0.15, 0.2) is 0 Å². The number of benzene rings is 2. The van der Waals surface area contributed by atoms with Crippen LogP contribution < -0.4 is 0 Å². The molecule has 0 bridgehead atoms. The minimum absolute atomic E-state index is 1.02. The summed E-state index contributed by atoms with van der Waals surface area (Å²) in [6.07, 6.45) is 0. The molecule has 0 saturated carbocycles. The zero-order valence-corrected chi connectivity index (χ0v) is 11.8. The molecule has 1 aromatic heterocycles. The molecule has 3 aromatic rings. The Labute approximate surface area is 119 Å². The van der Waals surface area contributed by atoms with Gasteiger partial charge in [-0.05, 0) is 26.0 Å². The van der Waals surface area contributed by atoms with E-state index in [0.29, 0.717) is 0 Å². The number of hydrogen-bond acceptors (Lipinski definition) is 1. The maximum absolute atomic E-state index is 4.77. The molecule has 0 radical (unpaired) electrons. The van der Waals surface area contributed by atoms with Gasteiger partial charge in [0.2, 0.25) is 0 Å². The van der Waals surface area contributed by atoms with E-state index in [1.807, 2.05) is 0 Å². The Morgan fingerprint density at radius 1 is 0.550 bits per heavy atom. The highest BCUT2D eigenvalue weighted by Gasteiger charge is 2.03. The Bertz CT molecular complexity index is 649. The summed E-state index contributed by atoms with van der Waals surface area (Å²) in [6, 6.07) is 23.2. The van der Waals surface area contributed by atoms with Crippen LogP contribution in [0.1, 0.15) is 11.1 Å². The number of aryl methyl sites for hydroxylation is 2. The highest BCUT2D eigenvalue weighted by atomic mass is 14.7. The van der Waals surface area contributed by atoms with Crippen molar-refractivity contribution in [1.82, 2.24) is 4.98 Å². The summed E-state index contributed by atoms with van der Waals surface area (Å²) in [5, 5.41) is 0. The van der Waals surface area contributed by atoms with E-state index in [2.05, 4.69) is 80.6 Å². The molecule has 0 atom stereocenters. The normalized spacial score (nSPS) is 10.5. The third kappa shape index (κ3) is 2.62. The van der Waals surface area contributed by atoms with E-state index in [4.69, 9.17) is 4.98 Å². The molecule has 3 rings (SSSR count). The molecule has 1 heteroatoms. The number of rotatable bonds is 2. The summed E-state index contributed by atoms with van der Waals surface area (Å²) in [7, 11) is 0. The van der Waals surface area contributed by atoms with Gasteiger partial charge < -0.3 is 0 Å². The first-order chi connectivity index (χ1) is 9.72. The maximum atomic E-state index is 4.77. The molecular formula is C19H17N. The summed E-state index contributed by atoms with van der Waals surface area (Å²) in [6.45, 7) is 4.19. The molecule has 0 amide bonds. The van der Waals surface area contributed by atoms with Crippen LogP contribution in [0.15, 0.2) is 66.7 Å². The number of pyridine rings is 1. The molecule has 0 aliphatic carbocycles. The van der Waals surface area contributed by atoms with Crippen molar-refractivity contribution in [2.24, 2.45) is 0 Å². The predicted molar refractivity (Wildman–Crippen MR) is 84.6 cm³/mol. The molecule has 1 nitrogen and oxygen atoms in total. The maximum Gasteiger partial charge on any atom is 0.0709 e. The van der Waals surface area contributed by atoms with Crippen LogP contribution in [-0.2, 0) is 0 Å². The van der Waals surface area contributed by atoms with Gasteiger partial charge in [-0.2, -0.15) is 0 Å². The monoisotopic (exact) mass is 259 g/mol. The van der Waals surface area contributed by atoms with Crippen molar-refractivity contribution in [3.63, 3.8) is 0 Å². The van der Waals surface area contributed by atoms with Crippen molar-refractivity contribution in [3.05, 3.63) is 77.9 Å². The lowest BCUT2D eigenvalue weighted by atomic mass is 10.1. The molecule has 0 unspecified atom stereocenters. The van der Waals surface area contributed by atoms with E-state index in [1.165, 1.54) is 11.1 Å². The predicted octanol–water partition coefficient (Wildman–Crippen LogP) is 5.03. The standard InChI is InChI=1S/C19H17N/c1-14-6-10-16(11-7-14)18-4-3-5-19(20-18)17-12-8-15(2)9-13-17/h3-13H,1-2H3. The fraction of sp³-hybridized carbons (Fsp3) is 0.105. The fourth-order valence-electron chi connectivity index (χ4n) is 2.20. The molecule has 2 aromatic carbocycles.